The van der Waals surface area contributed by atoms with Crippen LogP contribution in [0.4, 0.5) is 5.82 Å². The molecule has 8 heteroatoms. The van der Waals surface area contributed by atoms with Crippen LogP contribution in [0, 0.1) is 0 Å². The Labute approximate surface area is 104 Å². The van der Waals surface area contributed by atoms with Gasteiger partial charge < -0.3 is 9.84 Å². The molecular weight excluding hydrogens is 256 g/mol. The second-order valence-corrected chi connectivity index (χ2v) is 5.15. The smallest absolute Gasteiger partial charge is 0.244 e. The first-order chi connectivity index (χ1) is 8.63. The highest BCUT2D eigenvalue weighted by Gasteiger charge is 2.18. The number of hydrogen-bond acceptors (Lipinski definition) is 6. The molecule has 18 heavy (non-hydrogen) atoms. The Balaban J connectivity index is 2.20. The lowest BCUT2D eigenvalue weighted by molar-refractivity contribution is 0.411. The van der Waals surface area contributed by atoms with Crippen LogP contribution in [0.15, 0.2) is 40.1 Å². The van der Waals surface area contributed by atoms with Gasteiger partial charge in [0.2, 0.25) is 10.0 Å². The van der Waals surface area contributed by atoms with E-state index in [1.165, 1.54) is 18.5 Å². The Morgan fingerprint density at radius 3 is 2.89 bits per heavy atom. The number of aromatic nitrogens is 2. The second kappa shape index (κ2) is 5.15. The van der Waals surface area contributed by atoms with Crippen LogP contribution in [0.3, 0.4) is 0 Å². The van der Waals surface area contributed by atoms with Gasteiger partial charge in [0.1, 0.15) is 17.0 Å². The van der Waals surface area contributed by atoms with Crippen LogP contribution in [-0.2, 0) is 16.6 Å². The number of nitrogens with zero attached hydrogens (tertiary/aromatic N) is 2. The molecule has 0 fully saturated rings. The van der Waals surface area contributed by atoms with Crippen molar-refractivity contribution in [3.05, 3.63) is 36.4 Å². The van der Waals surface area contributed by atoms with E-state index in [0.717, 1.165) is 0 Å². The molecule has 0 bridgehead atoms. The van der Waals surface area contributed by atoms with Crippen LogP contribution in [0.25, 0.3) is 0 Å². The van der Waals surface area contributed by atoms with Crippen LogP contribution in [0.1, 0.15) is 5.69 Å². The molecule has 2 aromatic heterocycles. The van der Waals surface area contributed by atoms with Gasteiger partial charge in [-0.3, -0.25) is 0 Å². The zero-order valence-electron chi connectivity index (χ0n) is 9.62. The van der Waals surface area contributed by atoms with Crippen molar-refractivity contribution in [2.75, 3.05) is 12.4 Å². The molecule has 0 aliphatic carbocycles. The van der Waals surface area contributed by atoms with Crippen LogP contribution in [0.2, 0.25) is 0 Å². The minimum absolute atomic E-state index is 0.0664. The number of hydrogen-bond donors (Lipinski definition) is 2. The van der Waals surface area contributed by atoms with E-state index in [9.17, 15) is 8.42 Å². The summed E-state index contributed by atoms with van der Waals surface area (Å²) >= 11 is 0. The maximum atomic E-state index is 12.1. The zero-order valence-corrected chi connectivity index (χ0v) is 10.4. The number of sulfonamides is 1. The molecule has 0 aliphatic heterocycles. The Hall–Kier alpha value is -1.93. The highest BCUT2D eigenvalue weighted by Crippen LogP contribution is 2.17. The molecule has 0 spiro atoms. The summed E-state index contributed by atoms with van der Waals surface area (Å²) in [4.78, 5) is 4.04. The van der Waals surface area contributed by atoms with Gasteiger partial charge in [-0.2, -0.15) is 0 Å². The predicted molar refractivity (Wildman–Crippen MR) is 64.3 cm³/mol. The summed E-state index contributed by atoms with van der Waals surface area (Å²) in [7, 11) is -2.03. The molecule has 0 radical (unpaired) electrons. The van der Waals surface area contributed by atoms with Crippen molar-refractivity contribution in [2.24, 2.45) is 0 Å². The number of rotatable bonds is 5. The maximum Gasteiger partial charge on any atom is 0.244 e. The van der Waals surface area contributed by atoms with Crippen LogP contribution >= 0.6 is 0 Å². The molecule has 0 aliphatic rings. The highest BCUT2D eigenvalue weighted by atomic mass is 32.2. The van der Waals surface area contributed by atoms with Gasteiger partial charge in [0.15, 0.2) is 0 Å². The van der Waals surface area contributed by atoms with Gasteiger partial charge in [-0.15, -0.1) is 0 Å². The number of anilines is 1. The molecule has 0 unspecified atom stereocenters. The van der Waals surface area contributed by atoms with Crippen LogP contribution in [-0.4, -0.2) is 25.6 Å². The average Bonchev–Trinajstić information content (AvgIpc) is 2.89. The van der Waals surface area contributed by atoms with Crippen LogP contribution in [0.5, 0.6) is 0 Å². The van der Waals surface area contributed by atoms with Gasteiger partial charge >= 0.3 is 0 Å². The summed E-state index contributed by atoms with van der Waals surface area (Å²) in [5.41, 5.74) is 0.508. The van der Waals surface area contributed by atoms with Crippen molar-refractivity contribution >= 4 is 15.8 Å². The zero-order chi connectivity index (χ0) is 13.0. The van der Waals surface area contributed by atoms with E-state index in [1.54, 1.807) is 19.2 Å². The lowest BCUT2D eigenvalue weighted by Crippen LogP contribution is -2.24. The minimum atomic E-state index is -3.64. The van der Waals surface area contributed by atoms with E-state index in [4.69, 9.17) is 0 Å². The van der Waals surface area contributed by atoms with E-state index in [0.29, 0.717) is 11.5 Å². The fourth-order valence-corrected chi connectivity index (χ4v) is 2.53. The van der Waals surface area contributed by atoms with Crippen molar-refractivity contribution < 1.29 is 12.9 Å². The predicted octanol–water partition coefficient (Wildman–Crippen LogP) is 0.590. The molecule has 2 heterocycles. The fraction of sp³-hybridized carbons (Fsp3) is 0.200. The molecule has 0 atom stereocenters. The van der Waals surface area contributed by atoms with Crippen LogP contribution < -0.4 is 10.0 Å². The normalized spacial score (nSPS) is 11.4. The SMILES string of the molecule is CNc1ncccc1S(=O)(=O)NCc1ccon1. The Morgan fingerprint density at radius 1 is 1.39 bits per heavy atom. The molecule has 96 valence electrons. The second-order valence-electron chi connectivity index (χ2n) is 3.42. The monoisotopic (exact) mass is 268 g/mol. The first-order valence-corrected chi connectivity index (χ1v) is 6.63. The Bertz CT molecular complexity index is 610. The third kappa shape index (κ3) is 2.66. The summed E-state index contributed by atoms with van der Waals surface area (Å²) in [6.45, 7) is 0.0664. The van der Waals surface area contributed by atoms with E-state index in [2.05, 4.69) is 24.7 Å². The van der Waals surface area contributed by atoms with E-state index in [-0.39, 0.29) is 11.4 Å². The quantitative estimate of drug-likeness (QED) is 0.823. The van der Waals surface area contributed by atoms with Gasteiger partial charge in [-0.1, -0.05) is 5.16 Å². The van der Waals surface area contributed by atoms with E-state index >= 15 is 0 Å². The molecule has 0 aromatic carbocycles. The maximum absolute atomic E-state index is 12.1. The summed E-state index contributed by atoms with van der Waals surface area (Å²) in [5, 5.41) is 6.35. The Morgan fingerprint density at radius 2 is 2.22 bits per heavy atom. The molecule has 2 N–H and O–H groups in total. The Kier molecular flexibility index (Phi) is 3.58. The summed E-state index contributed by atoms with van der Waals surface area (Å²) in [6.07, 6.45) is 2.90. The standard InChI is InChI=1S/C10H12N4O3S/c1-11-10-9(3-2-5-12-10)18(15,16)13-7-8-4-6-17-14-8/h2-6,13H,7H2,1H3,(H,11,12). The van der Waals surface area contributed by atoms with Gasteiger partial charge in [0.25, 0.3) is 0 Å². The first kappa shape index (κ1) is 12.5. The van der Waals surface area contributed by atoms with Crippen molar-refractivity contribution in [1.29, 1.82) is 0 Å². The molecular formula is C10H12N4O3S. The number of pyridine rings is 1. The van der Waals surface area contributed by atoms with Crippen molar-refractivity contribution in [3.63, 3.8) is 0 Å². The summed E-state index contributed by atoms with van der Waals surface area (Å²) < 4.78 is 31.2. The number of nitrogens with one attached hydrogen (secondary N) is 2. The minimum Gasteiger partial charge on any atom is -0.372 e. The molecule has 0 saturated carbocycles. The lowest BCUT2D eigenvalue weighted by atomic mass is 10.4. The van der Waals surface area contributed by atoms with E-state index < -0.39 is 10.0 Å². The van der Waals surface area contributed by atoms with Gasteiger partial charge in [0.05, 0.1) is 12.2 Å². The van der Waals surface area contributed by atoms with Crippen molar-refractivity contribution in [3.8, 4) is 0 Å². The summed E-state index contributed by atoms with van der Waals surface area (Å²) in [5.74, 6) is 0.296. The topological polar surface area (TPSA) is 97.1 Å². The van der Waals surface area contributed by atoms with Gasteiger partial charge in [-0.05, 0) is 12.1 Å². The molecule has 2 rings (SSSR count). The van der Waals surface area contributed by atoms with Crippen molar-refractivity contribution in [1.82, 2.24) is 14.9 Å². The average molecular weight is 268 g/mol. The fourth-order valence-electron chi connectivity index (χ4n) is 1.37. The first-order valence-electron chi connectivity index (χ1n) is 5.15. The van der Waals surface area contributed by atoms with Gasteiger partial charge in [0, 0.05) is 19.3 Å². The largest absolute Gasteiger partial charge is 0.372 e. The van der Waals surface area contributed by atoms with Gasteiger partial charge in [-0.25, -0.2) is 18.1 Å². The highest BCUT2D eigenvalue weighted by molar-refractivity contribution is 7.89. The molecule has 0 saturated heterocycles. The molecule has 7 nitrogen and oxygen atoms in total. The summed E-state index contributed by atoms with van der Waals surface area (Å²) in [6, 6.07) is 4.63. The van der Waals surface area contributed by atoms with Crippen molar-refractivity contribution in [2.45, 2.75) is 11.4 Å². The van der Waals surface area contributed by atoms with E-state index in [1.807, 2.05) is 0 Å². The lowest BCUT2D eigenvalue weighted by Gasteiger charge is -2.08. The third-order valence-corrected chi connectivity index (χ3v) is 3.66. The molecule has 2 aromatic rings. The third-order valence-electron chi connectivity index (χ3n) is 2.23. The molecule has 0 amide bonds.